The molecule has 0 aromatic rings. The summed E-state index contributed by atoms with van der Waals surface area (Å²) in [4.78, 5) is 27.4. The SMILES string of the molecule is C=CCCCCCCCCC(=O)NCCN(CCCCCCCCCCCC)C(=O)CCCCCCCCC=C. The second-order valence-corrected chi connectivity index (χ2v) is 11.8. The largest absolute Gasteiger partial charge is 0.354 e. The smallest absolute Gasteiger partial charge is 0.222 e. The van der Waals surface area contributed by atoms with E-state index < -0.39 is 0 Å². The van der Waals surface area contributed by atoms with Crippen LogP contribution in [0.15, 0.2) is 25.3 Å². The summed E-state index contributed by atoms with van der Waals surface area (Å²) in [6.07, 6.45) is 34.6. The van der Waals surface area contributed by atoms with Gasteiger partial charge >= 0.3 is 0 Å². The van der Waals surface area contributed by atoms with Crippen LogP contribution in [0.5, 0.6) is 0 Å². The van der Waals surface area contributed by atoms with Gasteiger partial charge in [0.1, 0.15) is 0 Å². The number of carbonyl (C=O) groups excluding carboxylic acids is 2. The first kappa shape index (κ1) is 38.4. The quantitative estimate of drug-likeness (QED) is 0.0657. The lowest BCUT2D eigenvalue weighted by Crippen LogP contribution is -2.39. The van der Waals surface area contributed by atoms with Gasteiger partial charge in [-0.2, -0.15) is 0 Å². The first-order valence-electron chi connectivity index (χ1n) is 17.4. The van der Waals surface area contributed by atoms with Crippen molar-refractivity contribution in [3.8, 4) is 0 Å². The predicted octanol–water partition coefficient (Wildman–Crippen LogP) is 10.5. The van der Waals surface area contributed by atoms with Gasteiger partial charge in [0.15, 0.2) is 0 Å². The van der Waals surface area contributed by atoms with Crippen molar-refractivity contribution in [2.75, 3.05) is 19.6 Å². The maximum atomic E-state index is 13.0. The van der Waals surface area contributed by atoms with Crippen molar-refractivity contribution in [1.82, 2.24) is 10.2 Å². The van der Waals surface area contributed by atoms with Gasteiger partial charge in [0, 0.05) is 32.5 Å². The lowest BCUT2D eigenvalue weighted by atomic mass is 10.1. The van der Waals surface area contributed by atoms with Crippen LogP contribution in [0.3, 0.4) is 0 Å². The van der Waals surface area contributed by atoms with Crippen molar-refractivity contribution in [1.29, 1.82) is 0 Å². The summed E-state index contributed by atoms with van der Waals surface area (Å²) in [5.74, 6) is 0.405. The Morgan fingerprint density at radius 1 is 0.550 bits per heavy atom. The zero-order valence-corrected chi connectivity index (χ0v) is 26.8. The van der Waals surface area contributed by atoms with E-state index in [1.165, 1.54) is 109 Å². The first-order chi connectivity index (χ1) is 19.7. The highest BCUT2D eigenvalue weighted by atomic mass is 16.2. The summed E-state index contributed by atoms with van der Waals surface area (Å²) in [7, 11) is 0. The minimum absolute atomic E-state index is 0.134. The van der Waals surface area contributed by atoms with Crippen molar-refractivity contribution in [3.05, 3.63) is 25.3 Å². The molecule has 0 saturated heterocycles. The van der Waals surface area contributed by atoms with Crippen molar-refractivity contribution >= 4 is 11.8 Å². The molecule has 4 heteroatoms. The molecule has 0 radical (unpaired) electrons. The molecule has 0 aromatic carbocycles. The minimum Gasteiger partial charge on any atom is -0.354 e. The molecule has 40 heavy (non-hydrogen) atoms. The zero-order chi connectivity index (χ0) is 29.4. The first-order valence-corrected chi connectivity index (χ1v) is 17.4. The Bertz CT molecular complexity index is 589. The van der Waals surface area contributed by atoms with Crippen LogP contribution in [0.4, 0.5) is 0 Å². The molecule has 0 rings (SSSR count). The fraction of sp³-hybridized carbons (Fsp3) is 0.833. The van der Waals surface area contributed by atoms with Gasteiger partial charge in [0.25, 0.3) is 0 Å². The van der Waals surface area contributed by atoms with Crippen LogP contribution in [-0.4, -0.2) is 36.3 Å². The number of unbranched alkanes of at least 4 members (excludes halogenated alkanes) is 21. The third kappa shape index (κ3) is 28.0. The van der Waals surface area contributed by atoms with Gasteiger partial charge in [-0.15, -0.1) is 13.2 Å². The molecule has 0 fully saturated rings. The molecule has 234 valence electrons. The highest BCUT2D eigenvalue weighted by Crippen LogP contribution is 2.13. The van der Waals surface area contributed by atoms with Crippen LogP contribution in [0.25, 0.3) is 0 Å². The standard InChI is InChI=1S/C36H68N2O2/c1-4-7-10-13-16-19-20-23-26-29-33-38(36(40)31-28-25-22-18-15-12-9-6-3)34-32-37-35(39)30-27-24-21-17-14-11-8-5-2/h5-6H,2-4,7-34H2,1H3,(H,37,39). The van der Waals surface area contributed by atoms with Crippen LogP contribution in [0, 0.1) is 0 Å². The molecule has 0 aliphatic carbocycles. The molecular weight excluding hydrogens is 492 g/mol. The number of carbonyl (C=O) groups is 2. The summed E-state index contributed by atoms with van der Waals surface area (Å²) in [5, 5.41) is 3.08. The fourth-order valence-electron chi connectivity index (χ4n) is 5.28. The molecule has 0 aliphatic heterocycles. The molecule has 0 saturated carbocycles. The molecule has 0 bridgehead atoms. The van der Waals surface area contributed by atoms with E-state index >= 15 is 0 Å². The molecule has 0 aliphatic rings. The van der Waals surface area contributed by atoms with Crippen LogP contribution in [0.1, 0.15) is 174 Å². The van der Waals surface area contributed by atoms with Crippen LogP contribution in [-0.2, 0) is 9.59 Å². The number of nitrogens with one attached hydrogen (secondary N) is 1. The Morgan fingerprint density at radius 2 is 0.975 bits per heavy atom. The van der Waals surface area contributed by atoms with Crippen LogP contribution < -0.4 is 5.32 Å². The van der Waals surface area contributed by atoms with Crippen LogP contribution >= 0.6 is 0 Å². The molecule has 1 N–H and O–H groups in total. The highest BCUT2D eigenvalue weighted by Gasteiger charge is 2.13. The Kier molecular flexibility index (Phi) is 30.7. The van der Waals surface area contributed by atoms with Crippen LogP contribution in [0.2, 0.25) is 0 Å². The van der Waals surface area contributed by atoms with E-state index in [1.54, 1.807) is 0 Å². The zero-order valence-electron chi connectivity index (χ0n) is 26.8. The second kappa shape index (κ2) is 31.9. The molecule has 0 atom stereocenters. The number of amides is 2. The number of hydrogen-bond donors (Lipinski definition) is 1. The van der Waals surface area contributed by atoms with E-state index in [4.69, 9.17) is 0 Å². The molecular formula is C36H68N2O2. The number of nitrogens with zero attached hydrogens (tertiary/aromatic N) is 1. The van der Waals surface area contributed by atoms with Gasteiger partial charge in [-0.05, 0) is 44.9 Å². The normalized spacial score (nSPS) is 10.9. The average Bonchev–Trinajstić information content (AvgIpc) is 2.95. The lowest BCUT2D eigenvalue weighted by molar-refractivity contribution is -0.132. The predicted molar refractivity (Wildman–Crippen MR) is 176 cm³/mol. The molecule has 0 spiro atoms. The molecule has 0 heterocycles. The molecule has 4 nitrogen and oxygen atoms in total. The van der Waals surface area contributed by atoms with Gasteiger partial charge in [0.2, 0.25) is 11.8 Å². The van der Waals surface area contributed by atoms with Crippen molar-refractivity contribution < 1.29 is 9.59 Å². The third-order valence-corrected chi connectivity index (χ3v) is 7.95. The fourth-order valence-corrected chi connectivity index (χ4v) is 5.28. The summed E-state index contributed by atoms with van der Waals surface area (Å²) >= 11 is 0. The maximum absolute atomic E-state index is 13.0. The maximum Gasteiger partial charge on any atom is 0.222 e. The van der Waals surface area contributed by atoms with Crippen molar-refractivity contribution in [2.45, 2.75) is 174 Å². The summed E-state index contributed by atoms with van der Waals surface area (Å²) in [5.41, 5.74) is 0. The Morgan fingerprint density at radius 3 is 1.48 bits per heavy atom. The Hall–Kier alpha value is -1.58. The lowest BCUT2D eigenvalue weighted by Gasteiger charge is -2.23. The van der Waals surface area contributed by atoms with E-state index in [9.17, 15) is 9.59 Å². The summed E-state index contributed by atoms with van der Waals surface area (Å²) in [6, 6.07) is 0. The topological polar surface area (TPSA) is 49.4 Å². The minimum atomic E-state index is 0.134. The molecule has 0 aromatic heterocycles. The van der Waals surface area contributed by atoms with E-state index in [0.29, 0.717) is 25.9 Å². The number of rotatable bonds is 32. The number of hydrogen-bond acceptors (Lipinski definition) is 2. The summed E-state index contributed by atoms with van der Waals surface area (Å²) in [6.45, 7) is 11.9. The Balaban J connectivity index is 4.20. The van der Waals surface area contributed by atoms with E-state index in [-0.39, 0.29) is 11.8 Å². The van der Waals surface area contributed by atoms with Gasteiger partial charge in [-0.3, -0.25) is 9.59 Å². The van der Waals surface area contributed by atoms with E-state index in [1.807, 2.05) is 17.1 Å². The average molecular weight is 561 g/mol. The monoisotopic (exact) mass is 561 g/mol. The van der Waals surface area contributed by atoms with Crippen molar-refractivity contribution in [3.63, 3.8) is 0 Å². The number of allylic oxidation sites excluding steroid dienone is 2. The van der Waals surface area contributed by atoms with Crippen molar-refractivity contribution in [2.24, 2.45) is 0 Å². The molecule has 2 amide bonds. The molecule has 0 unspecified atom stereocenters. The Labute approximate surface area is 250 Å². The van der Waals surface area contributed by atoms with Gasteiger partial charge < -0.3 is 10.2 Å². The van der Waals surface area contributed by atoms with Gasteiger partial charge in [0.05, 0.1) is 0 Å². The van der Waals surface area contributed by atoms with E-state index in [2.05, 4.69) is 25.4 Å². The van der Waals surface area contributed by atoms with E-state index in [0.717, 1.165) is 51.5 Å². The van der Waals surface area contributed by atoms with Gasteiger partial charge in [-0.1, -0.05) is 128 Å². The van der Waals surface area contributed by atoms with Gasteiger partial charge in [-0.25, -0.2) is 0 Å². The summed E-state index contributed by atoms with van der Waals surface area (Å²) < 4.78 is 0. The second-order valence-electron chi connectivity index (χ2n) is 11.8. The third-order valence-electron chi connectivity index (χ3n) is 7.95. The highest BCUT2D eigenvalue weighted by molar-refractivity contribution is 5.77.